The number of alkyl halides is 2. The van der Waals surface area contributed by atoms with Crippen LogP contribution in [0.1, 0.15) is 71.3 Å². The van der Waals surface area contributed by atoms with Gasteiger partial charge in [-0.1, -0.05) is 6.92 Å². The number of rotatable bonds is 25. The van der Waals surface area contributed by atoms with Crippen molar-refractivity contribution in [3.8, 4) is 0 Å². The quantitative estimate of drug-likeness (QED) is 0.0815. The highest BCUT2D eigenvalue weighted by Crippen LogP contribution is 2.46. The summed E-state index contributed by atoms with van der Waals surface area (Å²) >= 11 is 3.15. The van der Waals surface area contributed by atoms with Crippen molar-refractivity contribution in [3.05, 3.63) is 22.7 Å². The number of hydrogen-bond acceptors (Lipinski definition) is 15. The number of thioether (sulfide) groups is 2. The van der Waals surface area contributed by atoms with Crippen molar-refractivity contribution in [1.29, 1.82) is 0 Å². The van der Waals surface area contributed by atoms with Gasteiger partial charge in [-0.3, -0.25) is 28.5 Å². The molecule has 55 heavy (non-hydrogen) atoms. The molecule has 5 N–H and O–H groups in total. The Hall–Kier alpha value is -3.62. The van der Waals surface area contributed by atoms with Crippen LogP contribution in [0, 0.1) is 17.8 Å². The van der Waals surface area contributed by atoms with Crippen LogP contribution in [0.25, 0.3) is 0 Å². The fraction of sp³-hybridized carbons (Fsp3) is 0.714. The van der Waals surface area contributed by atoms with E-state index in [9.17, 15) is 52.6 Å². The molecule has 2 aliphatic rings. The number of nitrogens with one attached hydrogen (secondary N) is 1. The number of anilines is 1. The average Bonchev–Trinajstić information content (AvgIpc) is 3.33. The molecule has 0 radical (unpaired) electrons. The molecule has 2 aliphatic carbocycles. The smallest absolute Gasteiger partial charge is 0.349 e. The van der Waals surface area contributed by atoms with Gasteiger partial charge >= 0.3 is 23.6 Å². The van der Waals surface area contributed by atoms with Gasteiger partial charge in [0.1, 0.15) is 29.5 Å². The summed E-state index contributed by atoms with van der Waals surface area (Å²) < 4.78 is 45.5. The molecule has 2 fully saturated rings. The Balaban J connectivity index is 1.44. The molecule has 0 aliphatic heterocycles. The predicted octanol–water partition coefficient (Wildman–Crippen LogP) is 2.04. The molecular formula is C35H50F2N4O12S2. The topological polar surface area (TPSA) is 244 Å². The number of halogens is 2. The fourth-order valence-electron chi connectivity index (χ4n) is 5.86. The second-order valence-electron chi connectivity index (χ2n) is 13.6. The predicted molar refractivity (Wildman–Crippen MR) is 198 cm³/mol. The first kappa shape index (κ1) is 45.8. The first-order valence-corrected chi connectivity index (χ1v) is 20.2. The molecule has 16 nitrogen and oxygen atoms in total. The van der Waals surface area contributed by atoms with Gasteiger partial charge in [-0.15, -0.1) is 0 Å². The number of Topliss-reactive ketones (excluding diaryl/α,β-unsaturated/α-hetero) is 2. The van der Waals surface area contributed by atoms with Crippen LogP contribution < -0.4 is 16.7 Å². The van der Waals surface area contributed by atoms with E-state index in [0.29, 0.717) is 22.5 Å². The number of carboxylic acids is 1. The summed E-state index contributed by atoms with van der Waals surface area (Å²) in [7, 11) is 0. The molecule has 0 bridgehead atoms. The Bertz CT molecular complexity index is 1570. The van der Waals surface area contributed by atoms with Gasteiger partial charge in [-0.25, -0.2) is 18.4 Å². The number of esters is 2. The summed E-state index contributed by atoms with van der Waals surface area (Å²) in [5.41, 5.74) is 4.39. The molecule has 0 spiro atoms. The third-order valence-electron chi connectivity index (χ3n) is 9.42. The lowest BCUT2D eigenvalue weighted by atomic mass is 9.99. The van der Waals surface area contributed by atoms with Crippen LogP contribution in [0.2, 0.25) is 0 Å². The van der Waals surface area contributed by atoms with Crippen LogP contribution >= 0.6 is 23.5 Å². The maximum Gasteiger partial charge on any atom is 0.349 e. The number of nitrogens with zero attached hydrogens (tertiary/aromatic N) is 2. The number of aromatic nitrogens is 2. The number of aliphatic hydroxyl groups excluding tert-OH is 1. The van der Waals surface area contributed by atoms with E-state index in [1.54, 1.807) is 23.5 Å². The third-order valence-corrected chi connectivity index (χ3v) is 12.8. The minimum absolute atomic E-state index is 0.0391. The molecule has 7 atom stereocenters. The number of aliphatic hydroxyl groups is 1. The fourth-order valence-corrected chi connectivity index (χ4v) is 9.25. The van der Waals surface area contributed by atoms with E-state index in [2.05, 4.69) is 10.3 Å². The monoisotopic (exact) mass is 820 g/mol. The molecule has 1 heterocycles. The minimum atomic E-state index is -3.74. The van der Waals surface area contributed by atoms with E-state index in [0.717, 1.165) is 25.1 Å². The molecule has 0 aromatic carbocycles. The normalized spacial score (nSPS) is 22.5. The molecule has 1 aromatic rings. The minimum Gasteiger partial charge on any atom is -0.481 e. The van der Waals surface area contributed by atoms with Crippen LogP contribution in [0.3, 0.4) is 0 Å². The number of carboxylic acid groups (broad SMARTS) is 1. The van der Waals surface area contributed by atoms with Crippen LogP contribution in [0.5, 0.6) is 0 Å². The van der Waals surface area contributed by atoms with Crippen molar-refractivity contribution in [2.24, 2.45) is 17.8 Å². The zero-order valence-corrected chi connectivity index (χ0v) is 32.5. The molecule has 1 amide bonds. The van der Waals surface area contributed by atoms with Crippen LogP contribution in [0.4, 0.5) is 14.6 Å². The van der Waals surface area contributed by atoms with Crippen molar-refractivity contribution in [2.45, 2.75) is 93.8 Å². The zero-order chi connectivity index (χ0) is 40.7. The van der Waals surface area contributed by atoms with Crippen molar-refractivity contribution < 1.29 is 62.0 Å². The standard InChI is InChI=1S/C35H50F2N4O12S2/c1-3-21(33(48)49)18-54-25-4-5-26(25)55-19-23(14-24(43)9-13-51-12-8-20(2)42)32(47)39-10-6-29(44)53-17-30(45)52-16-22-15-27(35(36,37)31(22)46)41-11-7-28(38)40-34(41)50/h7,11,21-23,25-27,31,46H,3-6,8-10,12-19H2,1-2H3,(H,39,47)(H,48,49)(H2,38,40,50)/t21?,22-,23?,25?,26?,27-,31-/m0/s1. The highest BCUT2D eigenvalue weighted by Gasteiger charge is 2.58. The van der Waals surface area contributed by atoms with E-state index in [4.69, 9.17) is 19.9 Å². The van der Waals surface area contributed by atoms with E-state index in [1.165, 1.54) is 6.92 Å². The Morgan fingerprint density at radius 2 is 1.69 bits per heavy atom. The number of hydrogen-bond donors (Lipinski definition) is 4. The Morgan fingerprint density at radius 1 is 1.04 bits per heavy atom. The molecule has 20 heteroatoms. The Kier molecular flexibility index (Phi) is 18.5. The highest BCUT2D eigenvalue weighted by atomic mass is 32.2. The number of carbonyl (C=O) groups excluding carboxylic acids is 5. The van der Waals surface area contributed by atoms with Crippen molar-refractivity contribution in [3.63, 3.8) is 0 Å². The highest BCUT2D eigenvalue weighted by molar-refractivity contribution is 8.04. The van der Waals surface area contributed by atoms with Gasteiger partial charge < -0.3 is 35.5 Å². The lowest BCUT2D eigenvalue weighted by molar-refractivity contribution is -0.162. The van der Waals surface area contributed by atoms with Gasteiger partial charge in [0, 0.05) is 59.9 Å². The van der Waals surface area contributed by atoms with Gasteiger partial charge in [-0.05, 0) is 38.7 Å². The molecule has 1 aromatic heterocycles. The molecule has 2 saturated carbocycles. The number of aliphatic carboxylic acids is 1. The lowest BCUT2D eigenvalue weighted by Crippen LogP contribution is -2.41. The molecule has 3 rings (SSSR count). The Labute approximate surface area is 325 Å². The summed E-state index contributed by atoms with van der Waals surface area (Å²) in [6.07, 6.45) is 0.590. The van der Waals surface area contributed by atoms with Crippen LogP contribution in [-0.4, -0.2) is 122 Å². The second kappa shape index (κ2) is 22.2. The van der Waals surface area contributed by atoms with Crippen molar-refractivity contribution in [2.75, 3.05) is 50.2 Å². The number of carbonyl (C=O) groups is 6. The molecular weight excluding hydrogens is 771 g/mol. The zero-order valence-electron chi connectivity index (χ0n) is 30.8. The average molecular weight is 821 g/mol. The first-order chi connectivity index (χ1) is 26.0. The maximum atomic E-state index is 14.8. The third kappa shape index (κ3) is 14.4. The number of nitrogens with two attached hydrogens (primary N) is 1. The maximum absolute atomic E-state index is 14.8. The van der Waals surface area contributed by atoms with Gasteiger partial charge in [0.05, 0.1) is 38.1 Å². The van der Waals surface area contributed by atoms with E-state index in [-0.39, 0.29) is 73.3 Å². The second-order valence-corrected chi connectivity index (χ2v) is 16.1. The molecule has 308 valence electrons. The van der Waals surface area contributed by atoms with E-state index < -0.39 is 85.0 Å². The largest absolute Gasteiger partial charge is 0.481 e. The summed E-state index contributed by atoms with van der Waals surface area (Å²) in [4.78, 5) is 88.5. The molecule has 0 saturated heterocycles. The summed E-state index contributed by atoms with van der Waals surface area (Å²) in [6.45, 7) is 1.89. The van der Waals surface area contributed by atoms with Crippen molar-refractivity contribution >= 4 is 64.7 Å². The van der Waals surface area contributed by atoms with Gasteiger partial charge in [-0.2, -0.15) is 28.5 Å². The molecule has 4 unspecified atom stereocenters. The van der Waals surface area contributed by atoms with E-state index in [1.807, 2.05) is 6.92 Å². The van der Waals surface area contributed by atoms with Crippen molar-refractivity contribution in [1.82, 2.24) is 14.9 Å². The summed E-state index contributed by atoms with van der Waals surface area (Å²) in [5.74, 6) is -9.00. The lowest BCUT2D eigenvalue weighted by Gasteiger charge is -2.36. The van der Waals surface area contributed by atoms with Gasteiger partial charge in [0.25, 0.3) is 5.92 Å². The number of amides is 1. The summed E-state index contributed by atoms with van der Waals surface area (Å²) in [5, 5.41) is 22.6. The number of nitrogen functional groups attached to an aromatic ring is 1. The van der Waals surface area contributed by atoms with Crippen LogP contribution in [0.15, 0.2) is 17.1 Å². The Morgan fingerprint density at radius 3 is 2.29 bits per heavy atom. The SMILES string of the molecule is CCC(CSC1CCC1SCC(CC(=O)CCOCCC(C)=O)C(=O)NCCC(=O)OCC(=O)OC[C@@H]1C[C@H](n2ccc(N)nc2=O)C(F)(F)[C@H]1O)C(=O)O. The van der Waals surface area contributed by atoms with E-state index >= 15 is 0 Å². The first-order valence-electron chi connectivity index (χ1n) is 18.1. The number of ketones is 2. The number of ether oxygens (including phenoxy) is 3. The van der Waals surface area contributed by atoms with Gasteiger partial charge in [0.15, 0.2) is 6.61 Å². The summed E-state index contributed by atoms with van der Waals surface area (Å²) in [6, 6.07) is -0.595. The van der Waals surface area contributed by atoms with Crippen LogP contribution in [-0.2, 0) is 43.0 Å². The van der Waals surface area contributed by atoms with Gasteiger partial charge in [0.2, 0.25) is 5.91 Å².